The molecule has 0 unspecified atom stereocenters. The average molecular weight is 444 g/mol. The molecule has 0 saturated carbocycles. The minimum atomic E-state index is -0.429. The Labute approximate surface area is 190 Å². The molecule has 2 aliphatic heterocycles. The van der Waals surface area contributed by atoms with E-state index in [9.17, 15) is 14.4 Å². The summed E-state index contributed by atoms with van der Waals surface area (Å²) in [5, 5.41) is 9.63. The molecular weight excluding hydrogens is 420 g/mol. The smallest absolute Gasteiger partial charge is 0.261 e. The van der Waals surface area contributed by atoms with Crippen LogP contribution in [0.15, 0.2) is 48.5 Å². The van der Waals surface area contributed by atoms with Crippen molar-refractivity contribution in [3.63, 3.8) is 0 Å². The van der Waals surface area contributed by atoms with Crippen molar-refractivity contribution in [1.82, 2.24) is 20.1 Å². The maximum atomic E-state index is 12.9. The van der Waals surface area contributed by atoms with Crippen molar-refractivity contribution in [3.8, 4) is 0 Å². The summed E-state index contributed by atoms with van der Waals surface area (Å²) in [5.41, 5.74) is 1.88. The van der Waals surface area contributed by atoms with Crippen LogP contribution in [0.1, 0.15) is 55.9 Å². The number of fused-ring (bicyclic) bond motifs is 1. The Bertz CT molecular complexity index is 1200. The molecule has 33 heavy (non-hydrogen) atoms. The van der Waals surface area contributed by atoms with Crippen molar-refractivity contribution in [2.75, 3.05) is 29.9 Å². The monoisotopic (exact) mass is 444 g/mol. The highest BCUT2D eigenvalue weighted by atomic mass is 16.2. The molecule has 5 rings (SSSR count). The van der Waals surface area contributed by atoms with Crippen LogP contribution in [0.4, 0.5) is 11.9 Å². The third kappa shape index (κ3) is 4.21. The Kier molecular flexibility index (Phi) is 5.60. The van der Waals surface area contributed by atoms with E-state index in [1.807, 2.05) is 30.3 Å². The van der Waals surface area contributed by atoms with Crippen LogP contribution in [0.3, 0.4) is 0 Å². The number of aromatic nitrogens is 3. The molecule has 0 radical (unpaired) electrons. The zero-order valence-corrected chi connectivity index (χ0v) is 18.1. The molecule has 0 aliphatic carbocycles. The number of hydrogen-bond donors (Lipinski definition) is 2. The maximum Gasteiger partial charge on any atom is 0.261 e. The van der Waals surface area contributed by atoms with Crippen LogP contribution in [0, 0.1) is 0 Å². The van der Waals surface area contributed by atoms with Crippen molar-refractivity contribution in [2.24, 2.45) is 0 Å². The Morgan fingerprint density at radius 3 is 2.52 bits per heavy atom. The molecule has 3 aromatic rings. The first-order chi connectivity index (χ1) is 16.1. The topological polar surface area (TPSA) is 111 Å². The minimum Gasteiger partial charge on any atom is -0.340 e. The number of hydrogen-bond acceptors (Lipinski definition) is 6. The van der Waals surface area contributed by atoms with Gasteiger partial charge in [0, 0.05) is 25.2 Å². The molecule has 9 nitrogen and oxygen atoms in total. The minimum absolute atomic E-state index is 0.243. The summed E-state index contributed by atoms with van der Waals surface area (Å²) >= 11 is 0. The van der Waals surface area contributed by atoms with Gasteiger partial charge in [-0.15, -0.1) is 5.10 Å². The Morgan fingerprint density at radius 1 is 0.970 bits per heavy atom. The number of aromatic amines is 1. The molecule has 1 saturated heterocycles. The first-order valence-corrected chi connectivity index (χ1v) is 11.1. The fourth-order valence-electron chi connectivity index (χ4n) is 4.24. The van der Waals surface area contributed by atoms with Crippen molar-refractivity contribution in [1.29, 1.82) is 0 Å². The average Bonchev–Trinajstić information content (AvgIpc) is 3.41. The summed E-state index contributed by atoms with van der Waals surface area (Å²) in [6, 6.07) is 14.2. The number of anilines is 2. The summed E-state index contributed by atoms with van der Waals surface area (Å²) in [4.78, 5) is 46.0. The molecule has 2 aromatic carbocycles. The lowest BCUT2D eigenvalue weighted by molar-refractivity contribution is 0.0656. The molecule has 168 valence electrons. The summed E-state index contributed by atoms with van der Waals surface area (Å²) in [6.07, 6.45) is 3.97. The second kappa shape index (κ2) is 8.85. The zero-order chi connectivity index (χ0) is 22.8. The number of imide groups is 1. The summed E-state index contributed by atoms with van der Waals surface area (Å²) in [6.45, 7) is 2.08. The van der Waals surface area contributed by atoms with Gasteiger partial charge in [-0.05, 0) is 49.4 Å². The predicted molar refractivity (Wildman–Crippen MR) is 122 cm³/mol. The third-order valence-corrected chi connectivity index (χ3v) is 6.04. The fourth-order valence-corrected chi connectivity index (χ4v) is 4.24. The second-order valence-corrected chi connectivity index (χ2v) is 8.24. The third-order valence-electron chi connectivity index (χ3n) is 6.04. The van der Waals surface area contributed by atoms with E-state index in [2.05, 4.69) is 25.4 Å². The van der Waals surface area contributed by atoms with E-state index < -0.39 is 5.91 Å². The van der Waals surface area contributed by atoms with Crippen LogP contribution in [0.5, 0.6) is 0 Å². The van der Waals surface area contributed by atoms with Crippen LogP contribution in [0.2, 0.25) is 0 Å². The number of benzene rings is 2. The molecule has 1 aromatic heterocycles. The van der Waals surface area contributed by atoms with Gasteiger partial charge in [-0.25, -0.2) is 5.10 Å². The van der Waals surface area contributed by atoms with Gasteiger partial charge >= 0.3 is 0 Å². The lowest BCUT2D eigenvalue weighted by Gasteiger charge is -2.24. The zero-order valence-electron chi connectivity index (χ0n) is 18.1. The normalized spacial score (nSPS) is 15.6. The first-order valence-electron chi connectivity index (χ1n) is 11.1. The molecule has 1 fully saturated rings. The van der Waals surface area contributed by atoms with Gasteiger partial charge in [0.15, 0.2) is 0 Å². The van der Waals surface area contributed by atoms with Crippen molar-refractivity contribution < 1.29 is 14.4 Å². The van der Waals surface area contributed by atoms with Crippen LogP contribution in [-0.4, -0.2) is 57.4 Å². The summed E-state index contributed by atoms with van der Waals surface area (Å²) in [5.74, 6) is -0.337. The van der Waals surface area contributed by atoms with Gasteiger partial charge in [-0.2, -0.15) is 4.98 Å². The molecule has 3 amide bonds. The SMILES string of the molecule is O=C(Nc1nc(N2CCCCC2)n[nH]1)c1ccc2c(c1)C(=O)N(CCc1ccccc1)C2=O. The van der Waals surface area contributed by atoms with Gasteiger partial charge in [0.25, 0.3) is 17.7 Å². The number of carbonyl (C=O) groups is 3. The number of H-pyrrole nitrogens is 1. The number of nitrogens with one attached hydrogen (secondary N) is 2. The molecule has 2 N–H and O–H groups in total. The maximum absolute atomic E-state index is 12.9. The largest absolute Gasteiger partial charge is 0.340 e. The van der Waals surface area contributed by atoms with E-state index >= 15 is 0 Å². The van der Waals surface area contributed by atoms with Gasteiger partial charge in [0.2, 0.25) is 11.9 Å². The van der Waals surface area contributed by atoms with E-state index in [-0.39, 0.29) is 35.4 Å². The Hall–Kier alpha value is -4.01. The summed E-state index contributed by atoms with van der Waals surface area (Å²) < 4.78 is 0. The molecule has 0 atom stereocenters. The van der Waals surface area contributed by atoms with Crippen molar-refractivity contribution in [2.45, 2.75) is 25.7 Å². The molecule has 9 heteroatoms. The van der Waals surface area contributed by atoms with Gasteiger partial charge in [-0.3, -0.25) is 24.6 Å². The van der Waals surface area contributed by atoms with Gasteiger partial charge in [-0.1, -0.05) is 30.3 Å². The van der Waals surface area contributed by atoms with E-state index in [0.717, 1.165) is 31.5 Å². The molecule has 3 heterocycles. The highest BCUT2D eigenvalue weighted by Gasteiger charge is 2.35. The van der Waals surface area contributed by atoms with E-state index in [0.29, 0.717) is 17.9 Å². The van der Waals surface area contributed by atoms with Crippen LogP contribution >= 0.6 is 0 Å². The lowest BCUT2D eigenvalue weighted by Crippen LogP contribution is -2.31. The van der Waals surface area contributed by atoms with Crippen LogP contribution in [0.25, 0.3) is 0 Å². The highest BCUT2D eigenvalue weighted by molar-refractivity contribution is 6.22. The van der Waals surface area contributed by atoms with Crippen LogP contribution in [-0.2, 0) is 6.42 Å². The van der Waals surface area contributed by atoms with Gasteiger partial charge in [0.05, 0.1) is 11.1 Å². The quantitative estimate of drug-likeness (QED) is 0.566. The molecule has 0 bridgehead atoms. The van der Waals surface area contributed by atoms with Crippen molar-refractivity contribution in [3.05, 3.63) is 70.8 Å². The van der Waals surface area contributed by atoms with E-state index in [1.54, 1.807) is 6.07 Å². The van der Waals surface area contributed by atoms with Crippen LogP contribution < -0.4 is 10.2 Å². The number of carbonyl (C=O) groups excluding carboxylic acids is 3. The highest BCUT2D eigenvalue weighted by Crippen LogP contribution is 2.25. The summed E-state index contributed by atoms with van der Waals surface area (Å²) in [7, 11) is 0. The van der Waals surface area contributed by atoms with Crippen molar-refractivity contribution >= 4 is 29.6 Å². The standard InChI is InChI=1S/C24H24N6O3/c31-20(25-23-26-24(28-27-23)29-12-5-2-6-13-29)17-9-10-18-19(15-17)22(33)30(21(18)32)14-11-16-7-3-1-4-8-16/h1,3-4,7-10,15H,2,5-6,11-14H2,(H2,25,26,27,28,31). The molecule has 0 spiro atoms. The lowest BCUT2D eigenvalue weighted by atomic mass is 10.1. The van der Waals surface area contributed by atoms with Gasteiger partial charge < -0.3 is 4.90 Å². The Morgan fingerprint density at radius 2 is 1.73 bits per heavy atom. The number of amides is 3. The van der Waals surface area contributed by atoms with Gasteiger partial charge in [0.1, 0.15) is 0 Å². The predicted octanol–water partition coefficient (Wildman–Crippen LogP) is 2.89. The molecular formula is C24H24N6O3. The van der Waals surface area contributed by atoms with E-state index in [4.69, 9.17) is 0 Å². The fraction of sp³-hybridized carbons (Fsp3) is 0.292. The number of nitrogens with zero attached hydrogens (tertiary/aromatic N) is 4. The van der Waals surface area contributed by atoms with E-state index in [1.165, 1.54) is 23.5 Å². The number of piperidine rings is 1. The molecule has 2 aliphatic rings. The number of rotatable bonds is 6. The first kappa shape index (κ1) is 20.9. The second-order valence-electron chi connectivity index (χ2n) is 8.24. The Balaban J connectivity index is 1.27.